The Morgan fingerprint density at radius 1 is 1.25 bits per heavy atom. The molecule has 3 rings (SSSR count). The molecule has 1 aromatic carbocycles. The maximum atomic E-state index is 12.3. The van der Waals surface area contributed by atoms with E-state index in [4.69, 9.17) is 11.6 Å². The van der Waals surface area contributed by atoms with Crippen molar-refractivity contribution in [1.82, 2.24) is 10.3 Å². The third-order valence-electron chi connectivity index (χ3n) is 4.29. The Morgan fingerprint density at radius 3 is 2.71 bits per heavy atom. The van der Waals surface area contributed by atoms with Gasteiger partial charge in [0.15, 0.2) is 0 Å². The number of carbonyl (C=O) groups excluding carboxylic acids is 1. The van der Waals surface area contributed by atoms with Gasteiger partial charge in [-0.05, 0) is 55.0 Å². The number of aliphatic hydroxyl groups is 1. The van der Waals surface area contributed by atoms with Gasteiger partial charge in [0.2, 0.25) is 0 Å². The fourth-order valence-corrected chi connectivity index (χ4v) is 3.06. The second-order valence-corrected chi connectivity index (χ2v) is 6.44. The number of pyridine rings is 1. The molecule has 2 aromatic rings. The predicted octanol–water partition coefficient (Wildman–Crippen LogP) is 2.37. The van der Waals surface area contributed by atoms with Gasteiger partial charge in [0.1, 0.15) is 5.56 Å². The molecule has 0 radical (unpaired) electrons. The van der Waals surface area contributed by atoms with Gasteiger partial charge in [0, 0.05) is 17.3 Å². The van der Waals surface area contributed by atoms with E-state index in [2.05, 4.69) is 10.3 Å². The molecule has 0 saturated heterocycles. The monoisotopic (exact) mass is 346 g/mol. The summed E-state index contributed by atoms with van der Waals surface area (Å²) in [6.45, 7) is 0.0248. The fourth-order valence-electron chi connectivity index (χ4n) is 2.93. The lowest BCUT2D eigenvalue weighted by Crippen LogP contribution is -2.33. The summed E-state index contributed by atoms with van der Waals surface area (Å²) < 4.78 is 0. The number of aliphatic hydroxyl groups excluding tert-OH is 1. The van der Waals surface area contributed by atoms with E-state index in [1.165, 1.54) is 0 Å². The Balaban J connectivity index is 1.69. The summed E-state index contributed by atoms with van der Waals surface area (Å²) in [5.41, 5.74) is 2.33. The molecule has 1 heterocycles. The Morgan fingerprint density at radius 2 is 1.96 bits per heavy atom. The molecule has 1 amide bonds. The summed E-state index contributed by atoms with van der Waals surface area (Å²) >= 11 is 5.81. The van der Waals surface area contributed by atoms with Crippen molar-refractivity contribution in [1.29, 1.82) is 0 Å². The van der Waals surface area contributed by atoms with Crippen molar-refractivity contribution in [3.63, 3.8) is 0 Å². The van der Waals surface area contributed by atoms with E-state index in [9.17, 15) is 14.7 Å². The van der Waals surface area contributed by atoms with E-state index in [-0.39, 0.29) is 17.7 Å². The Hall–Kier alpha value is -2.11. The van der Waals surface area contributed by atoms with Crippen molar-refractivity contribution in [3.8, 4) is 0 Å². The first-order valence-corrected chi connectivity index (χ1v) is 8.39. The van der Waals surface area contributed by atoms with Crippen LogP contribution in [-0.4, -0.2) is 22.5 Å². The lowest BCUT2D eigenvalue weighted by Gasteiger charge is -2.16. The van der Waals surface area contributed by atoms with E-state index in [1.807, 2.05) is 0 Å². The lowest BCUT2D eigenvalue weighted by molar-refractivity contribution is 0.0914. The largest absolute Gasteiger partial charge is 0.387 e. The topological polar surface area (TPSA) is 82.2 Å². The van der Waals surface area contributed by atoms with Crippen LogP contribution in [0.2, 0.25) is 5.02 Å². The van der Waals surface area contributed by atoms with Gasteiger partial charge in [-0.2, -0.15) is 0 Å². The van der Waals surface area contributed by atoms with Crippen molar-refractivity contribution in [2.24, 2.45) is 0 Å². The number of aryl methyl sites for hydroxylation is 2. The van der Waals surface area contributed by atoms with Gasteiger partial charge in [0.25, 0.3) is 11.5 Å². The number of carbonyl (C=O) groups is 1. The van der Waals surface area contributed by atoms with Gasteiger partial charge in [-0.25, -0.2) is 0 Å². The first-order valence-electron chi connectivity index (χ1n) is 8.01. The average molecular weight is 347 g/mol. The van der Waals surface area contributed by atoms with E-state index < -0.39 is 12.0 Å². The van der Waals surface area contributed by atoms with Crippen LogP contribution in [0.1, 0.15) is 46.1 Å². The van der Waals surface area contributed by atoms with Crippen molar-refractivity contribution >= 4 is 17.5 Å². The predicted molar refractivity (Wildman–Crippen MR) is 92.4 cm³/mol. The minimum atomic E-state index is -0.858. The van der Waals surface area contributed by atoms with Crippen LogP contribution in [0.4, 0.5) is 0 Å². The average Bonchev–Trinajstić information content (AvgIpc) is 2.59. The molecule has 0 bridgehead atoms. The summed E-state index contributed by atoms with van der Waals surface area (Å²) in [7, 11) is 0. The van der Waals surface area contributed by atoms with Crippen molar-refractivity contribution in [2.75, 3.05) is 6.54 Å². The second kappa shape index (κ2) is 7.20. The summed E-state index contributed by atoms with van der Waals surface area (Å²) in [6, 6.07) is 8.43. The first-order chi connectivity index (χ1) is 11.5. The number of fused-ring (bicyclic) bond motifs is 1. The molecular formula is C18H19ClN2O3. The minimum absolute atomic E-state index is 0.0248. The van der Waals surface area contributed by atoms with Crippen LogP contribution in [0, 0.1) is 0 Å². The summed E-state index contributed by atoms with van der Waals surface area (Å²) in [4.78, 5) is 27.2. The van der Waals surface area contributed by atoms with E-state index in [0.717, 1.165) is 36.9 Å². The smallest absolute Gasteiger partial charge is 0.261 e. The molecule has 0 spiro atoms. The molecular weight excluding hydrogens is 328 g/mol. The first kappa shape index (κ1) is 16.7. The maximum Gasteiger partial charge on any atom is 0.261 e. The third kappa shape index (κ3) is 3.68. The van der Waals surface area contributed by atoms with Gasteiger partial charge in [-0.15, -0.1) is 0 Å². The number of H-pyrrole nitrogens is 1. The van der Waals surface area contributed by atoms with Gasteiger partial charge in [0.05, 0.1) is 6.10 Å². The third-order valence-corrected chi connectivity index (χ3v) is 4.55. The van der Waals surface area contributed by atoms with Gasteiger partial charge in [-0.3, -0.25) is 9.59 Å². The SMILES string of the molecule is O=C(NCC(O)c1ccc(Cl)cc1)c1cc2c([nH]c1=O)CCCC2. The molecule has 1 aliphatic carbocycles. The normalized spacial score (nSPS) is 14.8. The van der Waals surface area contributed by atoms with Crippen LogP contribution in [-0.2, 0) is 12.8 Å². The van der Waals surface area contributed by atoms with Crippen LogP contribution in [0.3, 0.4) is 0 Å². The molecule has 1 aromatic heterocycles. The number of rotatable bonds is 4. The highest BCUT2D eigenvalue weighted by Gasteiger charge is 2.18. The number of hydrogen-bond donors (Lipinski definition) is 3. The van der Waals surface area contributed by atoms with Gasteiger partial charge < -0.3 is 15.4 Å². The highest BCUT2D eigenvalue weighted by molar-refractivity contribution is 6.30. The van der Waals surface area contributed by atoms with Gasteiger partial charge >= 0.3 is 0 Å². The molecule has 0 saturated carbocycles. The number of amides is 1. The number of aromatic amines is 1. The zero-order valence-corrected chi connectivity index (χ0v) is 13.9. The molecule has 0 fully saturated rings. The molecule has 24 heavy (non-hydrogen) atoms. The zero-order chi connectivity index (χ0) is 17.1. The molecule has 3 N–H and O–H groups in total. The van der Waals surface area contributed by atoms with Crippen LogP contribution in [0.25, 0.3) is 0 Å². The van der Waals surface area contributed by atoms with Crippen LogP contribution >= 0.6 is 11.6 Å². The van der Waals surface area contributed by atoms with Crippen LogP contribution in [0.5, 0.6) is 0 Å². The van der Waals surface area contributed by atoms with E-state index >= 15 is 0 Å². The number of benzene rings is 1. The Labute approximate surface area is 144 Å². The number of hydrogen-bond acceptors (Lipinski definition) is 3. The summed E-state index contributed by atoms with van der Waals surface area (Å²) in [6.07, 6.45) is 2.99. The molecule has 1 aliphatic rings. The second-order valence-electron chi connectivity index (χ2n) is 6.00. The molecule has 126 valence electrons. The van der Waals surface area contributed by atoms with E-state index in [0.29, 0.717) is 10.6 Å². The highest BCUT2D eigenvalue weighted by Crippen LogP contribution is 2.19. The molecule has 1 unspecified atom stereocenters. The van der Waals surface area contributed by atoms with Crippen molar-refractivity contribution in [2.45, 2.75) is 31.8 Å². The zero-order valence-electron chi connectivity index (χ0n) is 13.1. The Bertz CT molecular complexity index is 799. The standard InChI is InChI=1S/C18H19ClN2O3/c19-13-7-5-11(6-8-13)16(22)10-20-17(23)14-9-12-3-1-2-4-15(12)21-18(14)24/h5-9,16,22H,1-4,10H2,(H,20,23)(H,21,24). The maximum absolute atomic E-state index is 12.3. The number of nitrogens with one attached hydrogen (secondary N) is 2. The van der Waals surface area contributed by atoms with Crippen molar-refractivity contribution in [3.05, 3.63) is 68.1 Å². The van der Waals surface area contributed by atoms with Crippen LogP contribution in [0.15, 0.2) is 35.1 Å². The van der Waals surface area contributed by atoms with Gasteiger partial charge in [-0.1, -0.05) is 23.7 Å². The summed E-state index contributed by atoms with van der Waals surface area (Å²) in [5.74, 6) is -0.474. The molecule has 0 aliphatic heterocycles. The van der Waals surface area contributed by atoms with Crippen molar-refractivity contribution < 1.29 is 9.90 Å². The quantitative estimate of drug-likeness (QED) is 0.794. The molecule has 1 atom stereocenters. The van der Waals surface area contributed by atoms with E-state index in [1.54, 1.807) is 30.3 Å². The lowest BCUT2D eigenvalue weighted by atomic mass is 9.95. The minimum Gasteiger partial charge on any atom is -0.387 e. The summed E-state index contributed by atoms with van der Waals surface area (Å²) in [5, 5.41) is 13.3. The number of halogens is 1. The molecule has 6 heteroatoms. The highest BCUT2D eigenvalue weighted by atomic mass is 35.5. The number of aromatic nitrogens is 1. The Kier molecular flexibility index (Phi) is 5.02. The molecule has 5 nitrogen and oxygen atoms in total. The fraction of sp³-hybridized carbons (Fsp3) is 0.333. The van der Waals surface area contributed by atoms with Crippen LogP contribution < -0.4 is 10.9 Å².